The van der Waals surface area contributed by atoms with Crippen molar-refractivity contribution in [3.63, 3.8) is 0 Å². The van der Waals surface area contributed by atoms with Crippen molar-refractivity contribution in [1.29, 1.82) is 0 Å². The van der Waals surface area contributed by atoms with Crippen molar-refractivity contribution >= 4 is 11.9 Å². The van der Waals surface area contributed by atoms with E-state index in [0.29, 0.717) is 23.8 Å². The summed E-state index contributed by atoms with van der Waals surface area (Å²) in [5, 5.41) is 7.12. The summed E-state index contributed by atoms with van der Waals surface area (Å²) in [6.07, 6.45) is 4.96. The molecule has 1 aliphatic heterocycles. The number of aromatic nitrogens is 3. The minimum atomic E-state index is -5.08. The predicted molar refractivity (Wildman–Crippen MR) is 108 cm³/mol. The summed E-state index contributed by atoms with van der Waals surface area (Å²) in [6, 6.07) is 4.69. The zero-order valence-corrected chi connectivity index (χ0v) is 17.5. The van der Waals surface area contributed by atoms with Gasteiger partial charge < -0.3 is 10.0 Å². The van der Waals surface area contributed by atoms with Crippen molar-refractivity contribution in [3.8, 4) is 0 Å². The van der Waals surface area contributed by atoms with Gasteiger partial charge in [0.25, 0.3) is 0 Å². The number of nitrogens with zero attached hydrogens (tertiary/aromatic N) is 5. The zero-order chi connectivity index (χ0) is 23.3. The maximum atomic E-state index is 13.1. The van der Waals surface area contributed by atoms with Crippen LogP contribution in [0.5, 0.6) is 0 Å². The third kappa shape index (κ3) is 6.12. The number of halogens is 4. The van der Waals surface area contributed by atoms with E-state index >= 15 is 0 Å². The van der Waals surface area contributed by atoms with Crippen LogP contribution in [0.4, 0.5) is 23.5 Å². The number of hydrogen-bond donors (Lipinski definition) is 1. The van der Waals surface area contributed by atoms with Crippen LogP contribution < -0.4 is 4.90 Å². The Balaban J connectivity index is 0.000000360. The molecule has 1 N–H and O–H groups in total. The van der Waals surface area contributed by atoms with Gasteiger partial charge in [0.1, 0.15) is 0 Å². The number of rotatable bonds is 4. The van der Waals surface area contributed by atoms with E-state index in [4.69, 9.17) is 9.90 Å². The average Bonchev–Trinajstić information content (AvgIpc) is 3.19. The largest absolute Gasteiger partial charge is 0.490 e. The highest BCUT2D eigenvalue weighted by Gasteiger charge is 2.42. The van der Waals surface area contributed by atoms with E-state index in [9.17, 15) is 17.6 Å². The summed E-state index contributed by atoms with van der Waals surface area (Å²) in [4.78, 5) is 26.2. The van der Waals surface area contributed by atoms with E-state index < -0.39 is 12.1 Å². The lowest BCUT2D eigenvalue weighted by atomic mass is 9.77. The minimum Gasteiger partial charge on any atom is -0.475 e. The van der Waals surface area contributed by atoms with Gasteiger partial charge in [-0.15, -0.1) is 0 Å². The molecule has 174 valence electrons. The molecule has 7 nitrogen and oxygen atoms in total. The summed E-state index contributed by atoms with van der Waals surface area (Å²) in [6.45, 7) is 2.86. The molecule has 1 unspecified atom stereocenters. The lowest BCUT2D eigenvalue weighted by Gasteiger charge is -2.39. The molecular formula is C21H25F4N5O2. The van der Waals surface area contributed by atoms with Crippen LogP contribution in [0.15, 0.2) is 36.9 Å². The number of alkyl halides is 3. The second-order valence-corrected chi connectivity index (χ2v) is 8.11. The molecule has 1 saturated carbocycles. The maximum Gasteiger partial charge on any atom is 0.490 e. The Hall–Kier alpha value is -2.82. The lowest BCUT2D eigenvalue weighted by molar-refractivity contribution is -0.192. The number of aliphatic carboxylic acids is 1. The van der Waals surface area contributed by atoms with Gasteiger partial charge in [0.2, 0.25) is 5.95 Å². The topological polar surface area (TPSA) is 82.5 Å². The molecule has 3 atom stereocenters. The highest BCUT2D eigenvalue weighted by Crippen LogP contribution is 2.39. The van der Waals surface area contributed by atoms with Crippen LogP contribution >= 0.6 is 0 Å². The molecule has 1 aliphatic carbocycles. The molecule has 4 rings (SSSR count). The molecule has 2 aliphatic rings. The van der Waals surface area contributed by atoms with E-state index in [1.807, 2.05) is 18.5 Å². The van der Waals surface area contributed by atoms with E-state index in [0.717, 1.165) is 19.6 Å². The van der Waals surface area contributed by atoms with Crippen LogP contribution in [0.1, 0.15) is 24.8 Å². The number of pyridine rings is 1. The lowest BCUT2D eigenvalue weighted by Crippen LogP contribution is -2.43. The number of carboxylic acids is 1. The highest BCUT2D eigenvalue weighted by molar-refractivity contribution is 5.73. The van der Waals surface area contributed by atoms with E-state index in [2.05, 4.69) is 37.9 Å². The second-order valence-electron chi connectivity index (χ2n) is 8.11. The summed E-state index contributed by atoms with van der Waals surface area (Å²) < 4.78 is 44.8. The van der Waals surface area contributed by atoms with Crippen LogP contribution in [0.2, 0.25) is 0 Å². The molecule has 2 fully saturated rings. The van der Waals surface area contributed by atoms with Crippen LogP contribution in [0.3, 0.4) is 0 Å². The van der Waals surface area contributed by atoms with Gasteiger partial charge in [-0.25, -0.2) is 19.2 Å². The number of anilines is 1. The van der Waals surface area contributed by atoms with Crippen LogP contribution in [-0.4, -0.2) is 63.3 Å². The van der Waals surface area contributed by atoms with E-state index in [1.54, 1.807) is 0 Å². The molecule has 0 radical (unpaired) electrons. The Morgan fingerprint density at radius 2 is 1.91 bits per heavy atom. The first-order valence-electron chi connectivity index (χ1n) is 10.3. The summed E-state index contributed by atoms with van der Waals surface area (Å²) >= 11 is 0. The molecule has 2 aromatic rings. The first-order chi connectivity index (χ1) is 15.1. The smallest absolute Gasteiger partial charge is 0.475 e. The van der Waals surface area contributed by atoms with Gasteiger partial charge in [0.15, 0.2) is 5.82 Å². The fourth-order valence-corrected chi connectivity index (χ4v) is 4.52. The first-order valence-corrected chi connectivity index (χ1v) is 10.3. The summed E-state index contributed by atoms with van der Waals surface area (Å²) in [5.74, 6) is -1.20. The predicted octanol–water partition coefficient (Wildman–Crippen LogP) is 3.38. The summed E-state index contributed by atoms with van der Waals surface area (Å²) in [5.41, 5.74) is 1.25. The van der Waals surface area contributed by atoms with Crippen LogP contribution in [0.25, 0.3) is 0 Å². The van der Waals surface area contributed by atoms with Crippen molar-refractivity contribution in [2.45, 2.75) is 38.0 Å². The summed E-state index contributed by atoms with van der Waals surface area (Å²) in [7, 11) is 2.22. The number of carboxylic acid groups (broad SMARTS) is 1. The quantitative estimate of drug-likeness (QED) is 0.708. The normalized spacial score (nSPS) is 22.8. The SMILES string of the molecule is CN(Cc1cccnc1)C1CCC[C@@H]2CN(c3ncc(F)cn3)C[C@H]12.O=C(O)C(F)(F)F. The average molecular weight is 455 g/mol. The Morgan fingerprint density at radius 3 is 2.50 bits per heavy atom. The van der Waals surface area contributed by atoms with Crippen LogP contribution in [-0.2, 0) is 11.3 Å². The van der Waals surface area contributed by atoms with Gasteiger partial charge in [0.05, 0.1) is 12.4 Å². The fraction of sp³-hybridized carbons (Fsp3) is 0.524. The number of hydrogen-bond acceptors (Lipinski definition) is 6. The molecule has 3 heterocycles. The van der Waals surface area contributed by atoms with Crippen molar-refractivity contribution in [2.75, 3.05) is 25.0 Å². The Kier molecular flexibility index (Phi) is 7.60. The van der Waals surface area contributed by atoms with E-state index in [-0.39, 0.29) is 5.82 Å². The van der Waals surface area contributed by atoms with Gasteiger partial charge in [-0.05, 0) is 43.4 Å². The van der Waals surface area contributed by atoms with Gasteiger partial charge in [-0.2, -0.15) is 13.2 Å². The van der Waals surface area contributed by atoms with Crippen molar-refractivity contribution in [3.05, 3.63) is 48.3 Å². The standard InChI is InChI=1S/C19H24FN5.C2HF3O2/c1-24(11-14-4-3-7-21-8-14)18-6-2-5-15-12-25(13-17(15)18)19-22-9-16(20)10-23-19;3-2(4,5)1(6)7/h3-4,7-10,15,17-18H,2,5-6,11-13H2,1H3;(H,6,7)/t15-,17+,18?;/m1./s1. The monoisotopic (exact) mass is 455 g/mol. The van der Waals surface area contributed by atoms with Crippen molar-refractivity contribution in [1.82, 2.24) is 19.9 Å². The number of carbonyl (C=O) groups is 1. The van der Waals surface area contributed by atoms with Crippen LogP contribution in [0, 0.1) is 17.7 Å². The van der Waals surface area contributed by atoms with E-state index in [1.165, 1.54) is 37.2 Å². The van der Waals surface area contributed by atoms with Gasteiger partial charge in [-0.1, -0.05) is 12.5 Å². The second kappa shape index (κ2) is 10.2. The molecule has 0 amide bonds. The highest BCUT2D eigenvalue weighted by atomic mass is 19.4. The van der Waals surface area contributed by atoms with Gasteiger partial charge in [-0.3, -0.25) is 9.88 Å². The van der Waals surface area contributed by atoms with Gasteiger partial charge in [0, 0.05) is 38.1 Å². The molecule has 32 heavy (non-hydrogen) atoms. The third-order valence-electron chi connectivity index (χ3n) is 5.91. The molecular weight excluding hydrogens is 430 g/mol. The van der Waals surface area contributed by atoms with Crippen molar-refractivity contribution < 1.29 is 27.5 Å². The fourth-order valence-electron chi connectivity index (χ4n) is 4.52. The maximum absolute atomic E-state index is 13.1. The minimum absolute atomic E-state index is 0.380. The molecule has 2 aromatic heterocycles. The molecule has 0 aromatic carbocycles. The Bertz CT molecular complexity index is 882. The zero-order valence-electron chi connectivity index (χ0n) is 17.5. The first kappa shape index (κ1) is 23.8. The third-order valence-corrected chi connectivity index (χ3v) is 5.91. The number of fused-ring (bicyclic) bond motifs is 1. The van der Waals surface area contributed by atoms with Gasteiger partial charge >= 0.3 is 12.1 Å². The Labute approximate surface area is 183 Å². The van der Waals surface area contributed by atoms with Crippen molar-refractivity contribution in [2.24, 2.45) is 11.8 Å². The molecule has 11 heteroatoms. The molecule has 1 saturated heterocycles. The molecule has 0 bridgehead atoms. The Morgan fingerprint density at radius 1 is 1.22 bits per heavy atom. The molecule has 0 spiro atoms.